The third-order valence-electron chi connectivity index (χ3n) is 5.07. The Morgan fingerprint density at radius 3 is 2.77 bits per heavy atom. The Morgan fingerprint density at radius 1 is 1.19 bits per heavy atom. The number of hydrogen-bond donors (Lipinski definition) is 1. The topological polar surface area (TPSA) is 33.7 Å². The third kappa shape index (κ3) is 5.73. The van der Waals surface area contributed by atoms with Gasteiger partial charge < -0.3 is 19.7 Å². The van der Waals surface area contributed by atoms with E-state index >= 15 is 0 Å². The van der Waals surface area contributed by atoms with Gasteiger partial charge in [0.15, 0.2) is 11.5 Å². The number of hydrogen-bond acceptors (Lipinski definition) is 5. The second-order valence-electron chi connectivity index (χ2n) is 7.07. The summed E-state index contributed by atoms with van der Waals surface area (Å²) in [5.41, 5.74) is 1.23. The summed E-state index contributed by atoms with van der Waals surface area (Å²) in [6.45, 7) is 5.02. The average Bonchev–Trinajstić information content (AvgIpc) is 3.19. The van der Waals surface area contributed by atoms with E-state index in [1.807, 2.05) is 12.1 Å². The van der Waals surface area contributed by atoms with Crippen LogP contribution in [0.2, 0.25) is 0 Å². The van der Waals surface area contributed by atoms with Crippen molar-refractivity contribution in [2.45, 2.75) is 32.4 Å². The molecule has 3 rings (SSSR count). The monoisotopic (exact) mass is 374 g/mol. The van der Waals surface area contributed by atoms with Crippen LogP contribution in [-0.4, -0.2) is 38.7 Å². The number of likely N-dealkylation sites (tertiary alicyclic amines) is 1. The van der Waals surface area contributed by atoms with Crippen molar-refractivity contribution in [2.75, 3.05) is 33.8 Å². The lowest BCUT2D eigenvalue weighted by molar-refractivity contribution is 0.211. The highest BCUT2D eigenvalue weighted by Crippen LogP contribution is 2.29. The molecule has 2 aromatic rings. The molecule has 1 fully saturated rings. The van der Waals surface area contributed by atoms with Crippen molar-refractivity contribution in [3.05, 3.63) is 46.2 Å². The Hall–Kier alpha value is -1.56. The summed E-state index contributed by atoms with van der Waals surface area (Å²) < 4.78 is 11.4. The highest BCUT2D eigenvalue weighted by atomic mass is 32.1. The summed E-state index contributed by atoms with van der Waals surface area (Å²) in [6, 6.07) is 10.3. The van der Waals surface area contributed by atoms with Crippen LogP contribution in [0.1, 0.15) is 29.7 Å². The van der Waals surface area contributed by atoms with Crippen LogP contribution in [0.3, 0.4) is 0 Å². The van der Waals surface area contributed by atoms with Crippen LogP contribution in [0.25, 0.3) is 0 Å². The minimum atomic E-state index is 0.586. The largest absolute Gasteiger partial charge is 0.493 e. The molecule has 4 nitrogen and oxygen atoms in total. The van der Waals surface area contributed by atoms with Crippen LogP contribution in [0.4, 0.5) is 0 Å². The molecule has 0 unspecified atom stereocenters. The third-order valence-corrected chi connectivity index (χ3v) is 5.92. The van der Waals surface area contributed by atoms with Gasteiger partial charge >= 0.3 is 0 Å². The standard InChI is InChI=1S/C21H30N2O2S/c1-23-11-8-17(9-12-23)7-10-22-15-18-5-6-20(21(14-18)24-2)25-16-19-4-3-13-26-19/h3-6,13-14,17,22H,7-12,15-16H2,1-2H3. The molecule has 0 radical (unpaired) electrons. The number of rotatable bonds is 9. The van der Waals surface area contributed by atoms with Crippen molar-refractivity contribution in [1.29, 1.82) is 0 Å². The fourth-order valence-corrected chi connectivity index (χ4v) is 3.99. The number of methoxy groups -OCH3 is 1. The molecule has 0 amide bonds. The molecule has 1 aliphatic heterocycles. The second kappa shape index (κ2) is 9.95. The van der Waals surface area contributed by atoms with Crippen LogP contribution in [0.5, 0.6) is 11.5 Å². The van der Waals surface area contributed by atoms with E-state index in [2.05, 4.69) is 40.8 Å². The molecule has 0 bridgehead atoms. The van der Waals surface area contributed by atoms with Crippen LogP contribution in [-0.2, 0) is 13.2 Å². The highest BCUT2D eigenvalue weighted by Gasteiger charge is 2.15. The van der Waals surface area contributed by atoms with E-state index in [1.54, 1.807) is 18.4 Å². The summed E-state index contributed by atoms with van der Waals surface area (Å²) >= 11 is 1.71. The van der Waals surface area contributed by atoms with Gasteiger partial charge in [0.2, 0.25) is 0 Å². The van der Waals surface area contributed by atoms with Gasteiger partial charge in [0.25, 0.3) is 0 Å². The molecule has 1 aromatic carbocycles. The molecule has 0 atom stereocenters. The average molecular weight is 375 g/mol. The lowest BCUT2D eigenvalue weighted by atomic mass is 9.94. The molecule has 1 aromatic heterocycles. The molecule has 0 aliphatic carbocycles. The summed E-state index contributed by atoms with van der Waals surface area (Å²) in [5, 5.41) is 5.64. The molecular weight excluding hydrogens is 344 g/mol. The van der Waals surface area contributed by atoms with Crippen molar-refractivity contribution in [3.63, 3.8) is 0 Å². The number of benzene rings is 1. The summed E-state index contributed by atoms with van der Waals surface area (Å²) in [4.78, 5) is 3.64. The first-order valence-corrected chi connectivity index (χ1v) is 10.3. The molecule has 1 saturated heterocycles. The Bertz CT molecular complexity index is 652. The molecule has 1 aliphatic rings. The molecule has 142 valence electrons. The smallest absolute Gasteiger partial charge is 0.161 e. The summed E-state index contributed by atoms with van der Waals surface area (Å²) in [7, 11) is 3.92. The summed E-state index contributed by atoms with van der Waals surface area (Å²) in [5.74, 6) is 2.48. The molecule has 0 saturated carbocycles. The fourth-order valence-electron chi connectivity index (χ4n) is 3.37. The number of piperidine rings is 1. The Labute approximate surface area is 161 Å². The van der Waals surface area contributed by atoms with Crippen LogP contribution >= 0.6 is 11.3 Å². The molecule has 5 heteroatoms. The maximum Gasteiger partial charge on any atom is 0.161 e. The SMILES string of the molecule is COc1cc(CNCCC2CCN(C)CC2)ccc1OCc1cccs1. The minimum absolute atomic E-state index is 0.586. The van der Waals surface area contributed by atoms with Crippen molar-refractivity contribution in [3.8, 4) is 11.5 Å². The molecule has 26 heavy (non-hydrogen) atoms. The van der Waals surface area contributed by atoms with Gasteiger partial charge in [-0.2, -0.15) is 0 Å². The van der Waals surface area contributed by atoms with Crippen molar-refractivity contribution < 1.29 is 9.47 Å². The van der Waals surface area contributed by atoms with Gasteiger partial charge in [-0.3, -0.25) is 0 Å². The minimum Gasteiger partial charge on any atom is -0.493 e. The van der Waals surface area contributed by atoms with Gasteiger partial charge in [-0.05, 0) is 81.0 Å². The van der Waals surface area contributed by atoms with E-state index in [-0.39, 0.29) is 0 Å². The van der Waals surface area contributed by atoms with Crippen LogP contribution in [0, 0.1) is 5.92 Å². The van der Waals surface area contributed by atoms with Crippen molar-refractivity contribution in [2.24, 2.45) is 5.92 Å². The van der Waals surface area contributed by atoms with Crippen molar-refractivity contribution in [1.82, 2.24) is 10.2 Å². The van der Waals surface area contributed by atoms with Gasteiger partial charge in [-0.15, -0.1) is 11.3 Å². The van der Waals surface area contributed by atoms with E-state index in [9.17, 15) is 0 Å². The first-order valence-electron chi connectivity index (χ1n) is 9.46. The Kier molecular flexibility index (Phi) is 7.35. The van der Waals surface area contributed by atoms with Gasteiger partial charge in [0.1, 0.15) is 6.61 Å². The zero-order chi connectivity index (χ0) is 18.2. The quantitative estimate of drug-likeness (QED) is 0.669. The molecule has 0 spiro atoms. The lowest BCUT2D eigenvalue weighted by Gasteiger charge is -2.28. The molecule has 2 heterocycles. The van der Waals surface area contributed by atoms with E-state index < -0.39 is 0 Å². The highest BCUT2D eigenvalue weighted by molar-refractivity contribution is 7.09. The van der Waals surface area contributed by atoms with Gasteiger partial charge in [-0.1, -0.05) is 12.1 Å². The number of thiophene rings is 1. The first-order chi connectivity index (χ1) is 12.7. The zero-order valence-electron chi connectivity index (χ0n) is 15.9. The van der Waals surface area contributed by atoms with Crippen molar-refractivity contribution >= 4 is 11.3 Å². The molecular formula is C21H30N2O2S. The maximum absolute atomic E-state index is 5.90. The van der Waals surface area contributed by atoms with Gasteiger partial charge in [-0.25, -0.2) is 0 Å². The van der Waals surface area contributed by atoms with Crippen LogP contribution < -0.4 is 14.8 Å². The summed E-state index contributed by atoms with van der Waals surface area (Å²) in [6.07, 6.45) is 3.94. The van der Waals surface area contributed by atoms with E-state index in [4.69, 9.17) is 9.47 Å². The second-order valence-corrected chi connectivity index (χ2v) is 8.10. The number of nitrogens with zero attached hydrogens (tertiary/aromatic N) is 1. The van der Waals surface area contributed by atoms with Gasteiger partial charge in [0, 0.05) is 11.4 Å². The normalized spacial score (nSPS) is 15.9. The maximum atomic E-state index is 5.90. The Morgan fingerprint density at radius 2 is 2.04 bits per heavy atom. The fraction of sp³-hybridized carbons (Fsp3) is 0.524. The predicted molar refractivity (Wildman–Crippen MR) is 108 cm³/mol. The zero-order valence-corrected chi connectivity index (χ0v) is 16.7. The molecule has 1 N–H and O–H groups in total. The lowest BCUT2D eigenvalue weighted by Crippen LogP contribution is -2.31. The predicted octanol–water partition coefficient (Wildman–Crippen LogP) is 4.16. The van der Waals surface area contributed by atoms with E-state index in [1.165, 1.54) is 42.8 Å². The van der Waals surface area contributed by atoms with Crippen LogP contribution in [0.15, 0.2) is 35.7 Å². The Balaban J connectivity index is 1.43. The number of nitrogens with one attached hydrogen (secondary N) is 1. The van der Waals surface area contributed by atoms with E-state index in [0.29, 0.717) is 6.61 Å². The van der Waals surface area contributed by atoms with Gasteiger partial charge in [0.05, 0.1) is 7.11 Å². The number of ether oxygens (including phenoxy) is 2. The van der Waals surface area contributed by atoms with E-state index in [0.717, 1.165) is 30.5 Å². The first kappa shape index (κ1) is 19.2.